The molecule has 1 unspecified atom stereocenters. The van der Waals surface area contributed by atoms with Crippen LogP contribution in [-0.2, 0) is 9.47 Å². The van der Waals surface area contributed by atoms with Gasteiger partial charge in [0.2, 0.25) is 0 Å². The zero-order valence-electron chi connectivity index (χ0n) is 20.6. The highest BCUT2D eigenvalue weighted by molar-refractivity contribution is 5.88. The second-order valence-corrected chi connectivity index (χ2v) is 7.92. The van der Waals surface area contributed by atoms with E-state index in [0.717, 1.165) is 30.2 Å². The third-order valence-electron chi connectivity index (χ3n) is 4.94. The topological polar surface area (TPSA) is 59.0 Å². The van der Waals surface area contributed by atoms with Gasteiger partial charge in [-0.15, -0.1) is 0 Å². The maximum atomic E-state index is 6.11. The molecule has 0 saturated heterocycles. The van der Waals surface area contributed by atoms with E-state index in [9.17, 15) is 0 Å². The summed E-state index contributed by atoms with van der Waals surface area (Å²) in [4.78, 5) is 4.49. The van der Waals surface area contributed by atoms with Crippen molar-refractivity contribution in [2.45, 2.75) is 46.1 Å². The van der Waals surface area contributed by atoms with Crippen LogP contribution in [0, 0.1) is 0 Å². The lowest BCUT2D eigenvalue weighted by Crippen LogP contribution is -2.13. The number of benzene rings is 1. The first-order valence-electron chi connectivity index (χ1n) is 11.3. The monoisotopic (exact) mass is 455 g/mol. The highest BCUT2D eigenvalue weighted by Gasteiger charge is 2.12. The number of nitrogens with zero attached hydrogens (tertiary/aromatic N) is 1. The number of aromatic nitrogens is 1. The van der Waals surface area contributed by atoms with Gasteiger partial charge in [-0.1, -0.05) is 18.2 Å². The second-order valence-electron chi connectivity index (χ2n) is 7.92. The highest BCUT2D eigenvalue weighted by atomic mass is 16.5. The summed E-state index contributed by atoms with van der Waals surface area (Å²) in [7, 11) is 3.32. The molecule has 0 fully saturated rings. The second kappa shape index (κ2) is 14.3. The first kappa shape index (κ1) is 26.4. The summed E-state index contributed by atoms with van der Waals surface area (Å²) in [6.45, 7) is 11.9. The van der Waals surface area contributed by atoms with E-state index in [-0.39, 0.29) is 6.10 Å². The van der Waals surface area contributed by atoms with Crippen LogP contribution in [-0.4, -0.2) is 45.1 Å². The molecule has 2 rings (SSSR count). The van der Waals surface area contributed by atoms with Crippen LogP contribution in [0.5, 0.6) is 17.2 Å². The molecule has 6 nitrogen and oxygen atoms in total. The largest absolute Gasteiger partial charge is 0.493 e. The van der Waals surface area contributed by atoms with Crippen molar-refractivity contribution in [2.24, 2.45) is 0 Å². The summed E-state index contributed by atoms with van der Waals surface area (Å²) in [6, 6.07) is 5.61. The van der Waals surface area contributed by atoms with E-state index in [2.05, 4.69) is 31.5 Å². The van der Waals surface area contributed by atoms with E-state index in [1.165, 1.54) is 5.57 Å². The molecule has 0 aliphatic carbocycles. The molecule has 6 heteroatoms. The van der Waals surface area contributed by atoms with E-state index in [1.54, 1.807) is 26.5 Å². The van der Waals surface area contributed by atoms with E-state index < -0.39 is 0 Å². The average molecular weight is 456 g/mol. The Morgan fingerprint density at radius 1 is 1.06 bits per heavy atom. The van der Waals surface area contributed by atoms with Gasteiger partial charge in [0.25, 0.3) is 0 Å². The standard InChI is InChI=1S/C27H37NO5/c1-7-22(11-8-10-20(2)3)33-25-12-14-28-24-19-27(26(30-6)18-23(24)25)32-16-9-15-31-21(4)13-17-29-5/h7,10-12,14,18-19,21H,1,8-9,13,15-17H2,2-6H3. The Labute approximate surface area is 197 Å². The van der Waals surface area contributed by atoms with Gasteiger partial charge in [0.1, 0.15) is 11.5 Å². The predicted molar refractivity (Wildman–Crippen MR) is 133 cm³/mol. The van der Waals surface area contributed by atoms with Crippen molar-refractivity contribution in [3.05, 3.63) is 60.5 Å². The Hall–Kier alpha value is -2.83. The number of ether oxygens (including phenoxy) is 5. The normalized spacial score (nSPS) is 12.3. The minimum absolute atomic E-state index is 0.166. The van der Waals surface area contributed by atoms with Crippen molar-refractivity contribution in [2.75, 3.05) is 34.0 Å². The van der Waals surface area contributed by atoms with Gasteiger partial charge >= 0.3 is 0 Å². The summed E-state index contributed by atoms with van der Waals surface area (Å²) in [5.74, 6) is 2.65. The van der Waals surface area contributed by atoms with Gasteiger partial charge in [0, 0.05) is 37.8 Å². The van der Waals surface area contributed by atoms with Crippen LogP contribution < -0.4 is 14.2 Å². The van der Waals surface area contributed by atoms with Gasteiger partial charge < -0.3 is 23.7 Å². The van der Waals surface area contributed by atoms with Gasteiger partial charge in [-0.2, -0.15) is 0 Å². The number of hydrogen-bond acceptors (Lipinski definition) is 6. The first-order valence-corrected chi connectivity index (χ1v) is 11.3. The van der Waals surface area contributed by atoms with Gasteiger partial charge in [-0.3, -0.25) is 4.98 Å². The highest BCUT2D eigenvalue weighted by Crippen LogP contribution is 2.36. The third-order valence-corrected chi connectivity index (χ3v) is 4.94. The molecule has 0 aliphatic rings. The molecular formula is C27H37NO5. The molecule has 0 radical (unpaired) electrons. The van der Waals surface area contributed by atoms with Crippen molar-refractivity contribution in [1.82, 2.24) is 4.98 Å². The minimum Gasteiger partial charge on any atom is -0.493 e. The number of pyridine rings is 1. The molecule has 0 bridgehead atoms. The molecule has 1 aromatic carbocycles. The van der Waals surface area contributed by atoms with Gasteiger partial charge in [0.15, 0.2) is 11.5 Å². The molecule has 0 aliphatic heterocycles. The molecule has 1 heterocycles. The van der Waals surface area contributed by atoms with E-state index in [4.69, 9.17) is 23.7 Å². The van der Waals surface area contributed by atoms with Crippen LogP contribution in [0.4, 0.5) is 0 Å². The van der Waals surface area contributed by atoms with Crippen LogP contribution in [0.25, 0.3) is 10.9 Å². The molecule has 0 saturated carbocycles. The fourth-order valence-corrected chi connectivity index (χ4v) is 3.09. The summed E-state index contributed by atoms with van der Waals surface area (Å²) >= 11 is 0. The Balaban J connectivity index is 2.08. The van der Waals surface area contributed by atoms with Gasteiger partial charge in [-0.05, 0) is 57.9 Å². The van der Waals surface area contributed by atoms with Crippen molar-refractivity contribution < 1.29 is 23.7 Å². The molecule has 0 amide bonds. The Morgan fingerprint density at radius 3 is 2.58 bits per heavy atom. The minimum atomic E-state index is 0.166. The van der Waals surface area contributed by atoms with E-state index in [1.807, 2.05) is 31.2 Å². The maximum Gasteiger partial charge on any atom is 0.163 e. The van der Waals surface area contributed by atoms with Crippen molar-refractivity contribution in [3.8, 4) is 17.2 Å². The van der Waals surface area contributed by atoms with E-state index >= 15 is 0 Å². The molecule has 33 heavy (non-hydrogen) atoms. The van der Waals surface area contributed by atoms with Crippen LogP contribution in [0.3, 0.4) is 0 Å². The summed E-state index contributed by atoms with van der Waals surface area (Å²) < 4.78 is 28.5. The number of fused-ring (bicyclic) bond motifs is 1. The number of allylic oxidation sites excluding steroid dienone is 4. The lowest BCUT2D eigenvalue weighted by Gasteiger charge is -2.15. The first-order chi connectivity index (χ1) is 16.0. The SMILES string of the molecule is C=CC(=CCC=C(C)C)Oc1ccnc2cc(OCCCOC(C)CCOC)c(OC)cc12. The number of hydrogen-bond donors (Lipinski definition) is 0. The van der Waals surface area contributed by atoms with Gasteiger partial charge in [-0.25, -0.2) is 0 Å². The lowest BCUT2D eigenvalue weighted by molar-refractivity contribution is 0.0349. The molecule has 1 aromatic heterocycles. The Bertz CT molecular complexity index is 947. The van der Waals surface area contributed by atoms with Crippen LogP contribution >= 0.6 is 0 Å². The summed E-state index contributed by atoms with van der Waals surface area (Å²) in [6.07, 6.45) is 10.2. The Kier molecular flexibility index (Phi) is 11.5. The summed E-state index contributed by atoms with van der Waals surface area (Å²) in [5.41, 5.74) is 2.02. The molecule has 2 aromatic rings. The lowest BCUT2D eigenvalue weighted by atomic mass is 10.1. The van der Waals surface area contributed by atoms with Gasteiger partial charge in [0.05, 0.1) is 31.9 Å². The fourth-order valence-electron chi connectivity index (χ4n) is 3.09. The molecular weight excluding hydrogens is 418 g/mol. The molecule has 0 N–H and O–H groups in total. The van der Waals surface area contributed by atoms with Crippen LogP contribution in [0.15, 0.2) is 60.5 Å². The zero-order valence-corrected chi connectivity index (χ0v) is 20.6. The number of rotatable bonds is 15. The van der Waals surface area contributed by atoms with Crippen molar-refractivity contribution in [3.63, 3.8) is 0 Å². The smallest absolute Gasteiger partial charge is 0.163 e. The van der Waals surface area contributed by atoms with Crippen LogP contribution in [0.2, 0.25) is 0 Å². The fraction of sp³-hybridized carbons (Fsp3) is 0.444. The quantitative estimate of drug-likeness (QED) is 0.137. The summed E-state index contributed by atoms with van der Waals surface area (Å²) in [5, 5.41) is 0.840. The molecule has 0 spiro atoms. The van der Waals surface area contributed by atoms with Crippen molar-refractivity contribution >= 4 is 10.9 Å². The molecule has 1 atom stereocenters. The zero-order chi connectivity index (χ0) is 24.1. The predicted octanol–water partition coefficient (Wildman–Crippen LogP) is 6.26. The van der Waals surface area contributed by atoms with E-state index in [0.29, 0.717) is 42.8 Å². The van der Waals surface area contributed by atoms with Crippen molar-refractivity contribution in [1.29, 1.82) is 0 Å². The third kappa shape index (κ3) is 8.91. The number of methoxy groups -OCH3 is 2. The Morgan fingerprint density at radius 2 is 1.88 bits per heavy atom. The van der Waals surface area contributed by atoms with Crippen LogP contribution in [0.1, 0.15) is 40.0 Å². The maximum absolute atomic E-state index is 6.11. The molecule has 180 valence electrons. The average Bonchev–Trinajstić information content (AvgIpc) is 2.81.